The number of aromatic nitrogens is 5. The lowest BCUT2D eigenvalue weighted by atomic mass is 9.87. The predicted octanol–water partition coefficient (Wildman–Crippen LogP) is 1.63. The van der Waals surface area contributed by atoms with Gasteiger partial charge in [0, 0.05) is 18.4 Å². The second kappa shape index (κ2) is 4.73. The van der Waals surface area contributed by atoms with Gasteiger partial charge in [-0.15, -0.1) is 0 Å². The van der Waals surface area contributed by atoms with E-state index in [1.54, 1.807) is 23.3 Å². The van der Waals surface area contributed by atoms with Gasteiger partial charge in [0.05, 0.1) is 0 Å². The van der Waals surface area contributed by atoms with Crippen molar-refractivity contribution >= 4 is 11.9 Å². The lowest BCUT2D eigenvalue weighted by Gasteiger charge is -2.27. The fourth-order valence-electron chi connectivity index (χ4n) is 2.69. The molecule has 2 heterocycles. The molecule has 0 radical (unpaired) electrons. The number of rotatable bonds is 3. The molecule has 1 aliphatic rings. The van der Waals surface area contributed by atoms with Crippen LogP contribution in [0.3, 0.4) is 0 Å². The fraction of sp³-hybridized carbons (Fsp3) is 0.538. The van der Waals surface area contributed by atoms with Gasteiger partial charge < -0.3 is 11.1 Å². The van der Waals surface area contributed by atoms with Crippen molar-refractivity contribution < 1.29 is 0 Å². The first-order valence-corrected chi connectivity index (χ1v) is 6.81. The lowest BCUT2D eigenvalue weighted by Crippen LogP contribution is -2.32. The summed E-state index contributed by atoms with van der Waals surface area (Å²) in [6.45, 7) is 4.53. The molecular formula is C13H19N7. The minimum atomic E-state index is 0.210. The summed E-state index contributed by atoms with van der Waals surface area (Å²) < 4.78 is 1.71. The van der Waals surface area contributed by atoms with Gasteiger partial charge in [-0.2, -0.15) is 15.0 Å². The minimum Gasteiger partial charge on any atom is -0.368 e. The summed E-state index contributed by atoms with van der Waals surface area (Å²) in [5.41, 5.74) is 6.02. The molecule has 2 aromatic heterocycles. The van der Waals surface area contributed by atoms with E-state index in [1.807, 2.05) is 0 Å². The number of nitrogens with zero attached hydrogens (tertiary/aromatic N) is 5. The molecule has 0 saturated heterocycles. The Balaban J connectivity index is 1.87. The molecule has 3 N–H and O–H groups in total. The maximum atomic E-state index is 5.77. The van der Waals surface area contributed by atoms with Crippen LogP contribution in [0.2, 0.25) is 0 Å². The van der Waals surface area contributed by atoms with Crippen LogP contribution in [0, 0.1) is 5.41 Å². The highest BCUT2D eigenvalue weighted by Gasteiger charge is 2.34. The summed E-state index contributed by atoms with van der Waals surface area (Å²) in [7, 11) is 0. The third kappa shape index (κ3) is 2.43. The van der Waals surface area contributed by atoms with Gasteiger partial charge in [0.15, 0.2) is 0 Å². The molecule has 1 unspecified atom stereocenters. The summed E-state index contributed by atoms with van der Waals surface area (Å²) in [6, 6.07) is 0.361. The van der Waals surface area contributed by atoms with Gasteiger partial charge in [-0.3, -0.25) is 4.57 Å². The van der Waals surface area contributed by atoms with E-state index < -0.39 is 0 Å². The van der Waals surface area contributed by atoms with E-state index in [0.29, 0.717) is 17.9 Å². The fourth-order valence-corrected chi connectivity index (χ4v) is 2.69. The number of nitrogens with two attached hydrogens (primary N) is 1. The van der Waals surface area contributed by atoms with Crippen molar-refractivity contribution in [3.63, 3.8) is 0 Å². The van der Waals surface area contributed by atoms with Crippen molar-refractivity contribution in [1.82, 2.24) is 24.5 Å². The molecule has 7 heteroatoms. The van der Waals surface area contributed by atoms with Gasteiger partial charge in [0.1, 0.15) is 6.33 Å². The molecule has 0 aromatic carbocycles. The van der Waals surface area contributed by atoms with E-state index in [4.69, 9.17) is 5.73 Å². The minimum absolute atomic E-state index is 0.210. The van der Waals surface area contributed by atoms with Crippen LogP contribution < -0.4 is 11.1 Å². The van der Waals surface area contributed by atoms with Gasteiger partial charge in [-0.05, 0) is 18.3 Å². The summed E-state index contributed by atoms with van der Waals surface area (Å²) in [5.74, 6) is 1.22. The van der Waals surface area contributed by atoms with Crippen LogP contribution in [-0.2, 0) is 0 Å². The Bertz CT molecular complexity index is 591. The molecule has 0 spiro atoms. The van der Waals surface area contributed by atoms with E-state index in [2.05, 4.69) is 39.1 Å². The van der Waals surface area contributed by atoms with Crippen LogP contribution in [0.25, 0.3) is 5.95 Å². The zero-order valence-corrected chi connectivity index (χ0v) is 11.7. The van der Waals surface area contributed by atoms with Crippen LogP contribution >= 0.6 is 0 Å². The molecule has 1 saturated carbocycles. The van der Waals surface area contributed by atoms with Gasteiger partial charge in [-0.1, -0.05) is 20.3 Å². The maximum Gasteiger partial charge on any atom is 0.241 e. The number of nitrogens with one attached hydrogen (secondary N) is 1. The van der Waals surface area contributed by atoms with Crippen molar-refractivity contribution in [1.29, 1.82) is 0 Å². The highest BCUT2D eigenvalue weighted by atomic mass is 15.3. The molecule has 0 amide bonds. The average molecular weight is 273 g/mol. The Kier molecular flexibility index (Phi) is 3.04. The maximum absolute atomic E-state index is 5.77. The Morgan fingerprint density at radius 2 is 2.20 bits per heavy atom. The van der Waals surface area contributed by atoms with Crippen LogP contribution in [0.1, 0.15) is 33.1 Å². The summed E-state index contributed by atoms with van der Waals surface area (Å²) >= 11 is 0. The van der Waals surface area contributed by atoms with Crippen molar-refractivity contribution in [2.45, 2.75) is 39.2 Å². The highest BCUT2D eigenvalue weighted by Crippen LogP contribution is 2.38. The lowest BCUT2D eigenvalue weighted by molar-refractivity contribution is 0.348. The van der Waals surface area contributed by atoms with Gasteiger partial charge in [0.2, 0.25) is 17.8 Å². The van der Waals surface area contributed by atoms with E-state index in [1.165, 1.54) is 12.8 Å². The molecule has 1 fully saturated rings. The summed E-state index contributed by atoms with van der Waals surface area (Å²) in [5, 5.41) is 3.40. The zero-order chi connectivity index (χ0) is 14.2. The van der Waals surface area contributed by atoms with Gasteiger partial charge >= 0.3 is 0 Å². The molecule has 7 nitrogen and oxygen atoms in total. The van der Waals surface area contributed by atoms with Crippen LogP contribution in [0.4, 0.5) is 11.9 Å². The molecular weight excluding hydrogens is 254 g/mol. The second-order valence-electron chi connectivity index (χ2n) is 5.86. The highest BCUT2D eigenvalue weighted by molar-refractivity contribution is 5.36. The van der Waals surface area contributed by atoms with Gasteiger partial charge in [-0.25, -0.2) is 4.98 Å². The number of anilines is 2. The summed E-state index contributed by atoms with van der Waals surface area (Å²) in [4.78, 5) is 16.7. The largest absolute Gasteiger partial charge is 0.368 e. The van der Waals surface area contributed by atoms with Crippen molar-refractivity contribution in [2.75, 3.05) is 11.1 Å². The molecule has 3 rings (SSSR count). The predicted molar refractivity (Wildman–Crippen MR) is 76.4 cm³/mol. The normalized spacial score (nSPS) is 21.0. The van der Waals surface area contributed by atoms with Gasteiger partial charge in [0.25, 0.3) is 0 Å². The average Bonchev–Trinajstić information content (AvgIpc) is 2.99. The molecule has 1 aliphatic carbocycles. The van der Waals surface area contributed by atoms with E-state index >= 15 is 0 Å². The number of hydrogen-bond donors (Lipinski definition) is 2. The van der Waals surface area contributed by atoms with Crippen molar-refractivity contribution in [3.8, 4) is 5.95 Å². The van der Waals surface area contributed by atoms with Crippen molar-refractivity contribution in [2.24, 2.45) is 5.41 Å². The van der Waals surface area contributed by atoms with Crippen LogP contribution in [-0.4, -0.2) is 30.5 Å². The smallest absolute Gasteiger partial charge is 0.241 e. The molecule has 20 heavy (non-hydrogen) atoms. The first kappa shape index (κ1) is 12.8. The molecule has 2 aromatic rings. The second-order valence-corrected chi connectivity index (χ2v) is 5.86. The first-order chi connectivity index (χ1) is 9.54. The third-order valence-electron chi connectivity index (χ3n) is 3.94. The number of hydrogen-bond acceptors (Lipinski definition) is 6. The SMILES string of the molecule is CC1(C)CCCC1Nc1nc(N)nc(-n2ccnc2)n1. The van der Waals surface area contributed by atoms with E-state index in [9.17, 15) is 0 Å². The Labute approximate surface area is 117 Å². The van der Waals surface area contributed by atoms with Crippen LogP contribution in [0.5, 0.6) is 0 Å². The number of imidazole rings is 1. The quantitative estimate of drug-likeness (QED) is 0.882. The molecule has 0 aliphatic heterocycles. The first-order valence-electron chi connectivity index (χ1n) is 6.81. The standard InChI is InChI=1S/C13H19N7/c1-13(2)5-3-4-9(13)16-11-17-10(14)18-12(19-11)20-7-6-15-8-20/h6-9H,3-5H2,1-2H3,(H3,14,16,17,18,19). The van der Waals surface area contributed by atoms with E-state index in [0.717, 1.165) is 6.42 Å². The Hall–Kier alpha value is -2.18. The molecule has 106 valence electrons. The zero-order valence-electron chi connectivity index (χ0n) is 11.7. The molecule has 0 bridgehead atoms. The topological polar surface area (TPSA) is 94.5 Å². The summed E-state index contributed by atoms with van der Waals surface area (Å²) in [6.07, 6.45) is 8.64. The Morgan fingerprint density at radius 1 is 1.35 bits per heavy atom. The van der Waals surface area contributed by atoms with Crippen LogP contribution in [0.15, 0.2) is 18.7 Å². The number of nitrogen functional groups attached to an aromatic ring is 1. The van der Waals surface area contributed by atoms with Crippen molar-refractivity contribution in [3.05, 3.63) is 18.7 Å². The molecule has 1 atom stereocenters. The Morgan fingerprint density at radius 3 is 2.85 bits per heavy atom. The van der Waals surface area contributed by atoms with E-state index in [-0.39, 0.29) is 11.4 Å². The monoisotopic (exact) mass is 273 g/mol. The third-order valence-corrected chi connectivity index (χ3v) is 3.94.